The smallest absolute Gasteiger partial charge is 0.350 e. The van der Waals surface area contributed by atoms with E-state index in [4.69, 9.17) is 0 Å². The van der Waals surface area contributed by atoms with E-state index in [1.807, 2.05) is 0 Å². The molecule has 1 aromatic rings. The predicted octanol–water partition coefficient (Wildman–Crippen LogP) is 2.33. The van der Waals surface area contributed by atoms with Gasteiger partial charge in [-0.15, -0.1) is 0 Å². The molecule has 1 aliphatic heterocycles. The van der Waals surface area contributed by atoms with Gasteiger partial charge in [-0.2, -0.15) is 13.2 Å². The summed E-state index contributed by atoms with van der Waals surface area (Å²) >= 11 is 0. The van der Waals surface area contributed by atoms with Gasteiger partial charge in [0.2, 0.25) is 11.8 Å². The molecule has 1 aliphatic rings. The fraction of sp³-hybridized carbons (Fsp3) is 0.467. The van der Waals surface area contributed by atoms with Crippen molar-refractivity contribution in [2.75, 3.05) is 13.1 Å². The van der Waals surface area contributed by atoms with Crippen LogP contribution in [-0.4, -0.2) is 29.8 Å². The van der Waals surface area contributed by atoms with Gasteiger partial charge in [0.05, 0.1) is 12.1 Å². The van der Waals surface area contributed by atoms with Crippen LogP contribution in [0.25, 0.3) is 0 Å². The van der Waals surface area contributed by atoms with Crippen molar-refractivity contribution in [3.63, 3.8) is 0 Å². The Morgan fingerprint density at radius 1 is 1.18 bits per heavy atom. The molecule has 1 saturated heterocycles. The van der Waals surface area contributed by atoms with Crippen molar-refractivity contribution in [1.82, 2.24) is 10.2 Å². The Balaban J connectivity index is 1.82. The van der Waals surface area contributed by atoms with Crippen LogP contribution in [-0.2, 0) is 22.3 Å². The summed E-state index contributed by atoms with van der Waals surface area (Å²) in [6.07, 6.45) is -2.16. The average Bonchev–Trinajstić information content (AvgIpc) is 2.47. The number of alkyl halides is 3. The van der Waals surface area contributed by atoms with Crippen molar-refractivity contribution in [2.45, 2.75) is 32.0 Å². The molecule has 22 heavy (non-hydrogen) atoms. The molecule has 0 aromatic heterocycles. The van der Waals surface area contributed by atoms with E-state index in [1.54, 1.807) is 0 Å². The lowest BCUT2D eigenvalue weighted by atomic mass is 10.1. The van der Waals surface area contributed by atoms with E-state index in [1.165, 1.54) is 17.0 Å². The summed E-state index contributed by atoms with van der Waals surface area (Å²) in [5.41, 5.74) is -0.146. The normalized spacial score (nSPS) is 15.8. The van der Waals surface area contributed by atoms with Crippen LogP contribution in [0.15, 0.2) is 24.3 Å². The van der Waals surface area contributed by atoms with Crippen LogP contribution in [0, 0.1) is 0 Å². The third-order valence-corrected chi connectivity index (χ3v) is 3.53. The van der Waals surface area contributed by atoms with E-state index >= 15 is 0 Å². The molecular weight excluding hydrogens is 297 g/mol. The number of rotatable bonds is 4. The van der Waals surface area contributed by atoms with Gasteiger partial charge in [0.25, 0.3) is 0 Å². The first-order chi connectivity index (χ1) is 10.4. The zero-order valence-corrected chi connectivity index (χ0v) is 11.9. The second-order valence-corrected chi connectivity index (χ2v) is 5.24. The van der Waals surface area contributed by atoms with Gasteiger partial charge in [-0.3, -0.25) is 9.59 Å². The minimum absolute atomic E-state index is 0.000528. The highest BCUT2D eigenvalue weighted by Crippen LogP contribution is 2.29. The summed E-state index contributed by atoms with van der Waals surface area (Å²) in [5.74, 6) is -0.342. The minimum atomic E-state index is -4.36. The van der Waals surface area contributed by atoms with Crippen molar-refractivity contribution < 1.29 is 22.8 Å². The molecule has 0 aliphatic carbocycles. The second kappa shape index (κ2) is 6.81. The standard InChI is InChI=1S/C15H17F3N2O2/c16-15(17,18)12-6-4-11(5-7-12)9-19-13(21)10-20-8-2-1-3-14(20)22/h4-7H,1-3,8-10H2,(H,19,21). The first kappa shape index (κ1) is 16.3. The largest absolute Gasteiger partial charge is 0.416 e. The van der Waals surface area contributed by atoms with Gasteiger partial charge in [-0.1, -0.05) is 12.1 Å². The van der Waals surface area contributed by atoms with Gasteiger partial charge in [0.15, 0.2) is 0 Å². The summed E-state index contributed by atoms with van der Waals surface area (Å²) < 4.78 is 37.3. The van der Waals surface area contributed by atoms with E-state index in [2.05, 4.69) is 5.32 Å². The maximum atomic E-state index is 12.4. The molecule has 1 aromatic carbocycles. The number of halogens is 3. The third-order valence-electron chi connectivity index (χ3n) is 3.53. The molecule has 0 spiro atoms. The maximum Gasteiger partial charge on any atom is 0.416 e. The van der Waals surface area contributed by atoms with Crippen LogP contribution in [0.1, 0.15) is 30.4 Å². The summed E-state index contributed by atoms with van der Waals surface area (Å²) in [5, 5.41) is 2.61. The SMILES string of the molecule is O=C(CN1CCCCC1=O)NCc1ccc(C(F)(F)F)cc1. The molecule has 120 valence electrons. The number of nitrogens with one attached hydrogen (secondary N) is 1. The Kier molecular flexibility index (Phi) is 5.05. The highest BCUT2D eigenvalue weighted by molar-refractivity contribution is 5.85. The third kappa shape index (κ3) is 4.47. The maximum absolute atomic E-state index is 12.4. The van der Waals surface area contributed by atoms with Crippen molar-refractivity contribution in [3.8, 4) is 0 Å². The summed E-state index contributed by atoms with van der Waals surface area (Å²) in [6.45, 7) is 0.713. The van der Waals surface area contributed by atoms with Gasteiger partial charge in [-0.25, -0.2) is 0 Å². The lowest BCUT2D eigenvalue weighted by Gasteiger charge is -2.25. The molecule has 0 bridgehead atoms. The zero-order chi connectivity index (χ0) is 16.2. The van der Waals surface area contributed by atoms with Gasteiger partial charge in [0, 0.05) is 19.5 Å². The quantitative estimate of drug-likeness (QED) is 0.927. The molecule has 2 amide bonds. The van der Waals surface area contributed by atoms with Crippen molar-refractivity contribution in [2.24, 2.45) is 0 Å². The van der Waals surface area contributed by atoms with Crippen LogP contribution in [0.4, 0.5) is 13.2 Å². The topological polar surface area (TPSA) is 49.4 Å². The zero-order valence-electron chi connectivity index (χ0n) is 11.9. The number of carbonyl (C=O) groups is 2. The second-order valence-electron chi connectivity index (χ2n) is 5.24. The molecule has 1 heterocycles. The first-order valence-electron chi connectivity index (χ1n) is 7.07. The summed E-state index contributed by atoms with van der Waals surface area (Å²) in [6, 6.07) is 4.62. The van der Waals surface area contributed by atoms with E-state index in [0.717, 1.165) is 25.0 Å². The van der Waals surface area contributed by atoms with Crippen molar-refractivity contribution >= 4 is 11.8 Å². The van der Waals surface area contributed by atoms with Crippen LogP contribution in [0.3, 0.4) is 0 Å². The molecular formula is C15H17F3N2O2. The average molecular weight is 314 g/mol. The fourth-order valence-electron chi connectivity index (χ4n) is 2.27. The van der Waals surface area contributed by atoms with Gasteiger partial charge >= 0.3 is 6.18 Å². The number of benzene rings is 1. The fourth-order valence-corrected chi connectivity index (χ4v) is 2.27. The van der Waals surface area contributed by atoms with Crippen LogP contribution < -0.4 is 5.32 Å². The van der Waals surface area contributed by atoms with E-state index in [0.29, 0.717) is 18.5 Å². The molecule has 0 radical (unpaired) electrons. The minimum Gasteiger partial charge on any atom is -0.350 e. The molecule has 0 unspecified atom stereocenters. The van der Waals surface area contributed by atoms with E-state index in [-0.39, 0.29) is 24.9 Å². The lowest BCUT2D eigenvalue weighted by molar-refractivity contribution is -0.137. The molecule has 7 heteroatoms. The number of amides is 2. The number of likely N-dealkylation sites (tertiary alicyclic amines) is 1. The van der Waals surface area contributed by atoms with E-state index < -0.39 is 11.7 Å². The number of carbonyl (C=O) groups excluding carboxylic acids is 2. The monoisotopic (exact) mass is 314 g/mol. The molecule has 4 nitrogen and oxygen atoms in total. The molecule has 2 rings (SSSR count). The Labute approximate surface area is 126 Å². The predicted molar refractivity (Wildman–Crippen MR) is 73.7 cm³/mol. The highest BCUT2D eigenvalue weighted by Gasteiger charge is 2.29. The van der Waals surface area contributed by atoms with Gasteiger partial charge in [-0.05, 0) is 30.5 Å². The Morgan fingerprint density at radius 3 is 2.45 bits per heavy atom. The lowest BCUT2D eigenvalue weighted by Crippen LogP contribution is -2.42. The van der Waals surface area contributed by atoms with Crippen molar-refractivity contribution in [3.05, 3.63) is 35.4 Å². The number of hydrogen-bond acceptors (Lipinski definition) is 2. The Morgan fingerprint density at radius 2 is 1.86 bits per heavy atom. The Hall–Kier alpha value is -2.05. The molecule has 1 N–H and O–H groups in total. The van der Waals surface area contributed by atoms with Crippen LogP contribution >= 0.6 is 0 Å². The van der Waals surface area contributed by atoms with Gasteiger partial charge < -0.3 is 10.2 Å². The number of nitrogens with zero attached hydrogens (tertiary/aromatic N) is 1. The van der Waals surface area contributed by atoms with Gasteiger partial charge in [0.1, 0.15) is 0 Å². The summed E-state index contributed by atoms with van der Waals surface area (Å²) in [4.78, 5) is 24.9. The highest BCUT2D eigenvalue weighted by atomic mass is 19.4. The summed E-state index contributed by atoms with van der Waals surface area (Å²) in [7, 11) is 0. The number of piperidine rings is 1. The first-order valence-corrected chi connectivity index (χ1v) is 7.07. The van der Waals surface area contributed by atoms with Crippen molar-refractivity contribution in [1.29, 1.82) is 0 Å². The molecule has 0 saturated carbocycles. The number of hydrogen-bond donors (Lipinski definition) is 1. The Bertz CT molecular complexity index is 541. The van der Waals surface area contributed by atoms with E-state index in [9.17, 15) is 22.8 Å². The molecule has 1 fully saturated rings. The van der Waals surface area contributed by atoms with Crippen LogP contribution in [0.2, 0.25) is 0 Å². The molecule has 0 atom stereocenters. The van der Waals surface area contributed by atoms with Crippen LogP contribution in [0.5, 0.6) is 0 Å².